The van der Waals surface area contributed by atoms with Gasteiger partial charge in [0.2, 0.25) is 11.6 Å². The van der Waals surface area contributed by atoms with E-state index in [2.05, 4.69) is 6.42 Å². The molecule has 0 amide bonds. The number of rotatable bonds is 0. The molecular weight excluding hydrogens is 160 g/mol. The number of ketones is 2. The van der Waals surface area contributed by atoms with Crippen LogP contribution in [0.1, 0.15) is 0 Å². The first-order valence-electron chi connectivity index (χ1n) is 3.17. The molecule has 2 nitrogen and oxygen atoms in total. The fourth-order valence-electron chi connectivity index (χ4n) is 1.02. The quantitative estimate of drug-likeness (QED) is 0.392. The summed E-state index contributed by atoms with van der Waals surface area (Å²) in [5, 5.41) is 0. The molecule has 2 rings (SSSR count). The lowest BCUT2D eigenvalue weighted by Gasteiger charge is -2.02. The Morgan fingerprint density at radius 2 is 2.18 bits per heavy atom. The summed E-state index contributed by atoms with van der Waals surface area (Å²) in [5.74, 6) is -0.153. The molecule has 0 saturated heterocycles. The summed E-state index contributed by atoms with van der Waals surface area (Å²) in [4.78, 5) is 22.8. The maximum absolute atomic E-state index is 11.1. The van der Waals surface area contributed by atoms with E-state index in [1.165, 1.54) is 6.08 Å². The predicted octanol–water partition coefficient (Wildman–Crippen LogP) is 0.777. The Kier molecular flexibility index (Phi) is 1.46. The molecule has 3 heteroatoms. The van der Waals surface area contributed by atoms with Crippen molar-refractivity contribution in [2.75, 3.05) is 5.75 Å². The summed E-state index contributed by atoms with van der Waals surface area (Å²) in [7, 11) is 0. The second kappa shape index (κ2) is 2.34. The molecule has 1 aliphatic heterocycles. The summed E-state index contributed by atoms with van der Waals surface area (Å²) < 4.78 is 0. The van der Waals surface area contributed by atoms with E-state index in [0.29, 0.717) is 11.3 Å². The van der Waals surface area contributed by atoms with Crippen LogP contribution in [0.4, 0.5) is 0 Å². The van der Waals surface area contributed by atoms with Gasteiger partial charge in [0.25, 0.3) is 0 Å². The van der Waals surface area contributed by atoms with Gasteiger partial charge in [-0.3, -0.25) is 9.59 Å². The van der Waals surface area contributed by atoms with E-state index >= 15 is 0 Å². The molecule has 0 fully saturated rings. The first-order chi connectivity index (χ1) is 5.29. The Morgan fingerprint density at radius 1 is 1.36 bits per heavy atom. The van der Waals surface area contributed by atoms with Gasteiger partial charge in [0.15, 0.2) is 0 Å². The first kappa shape index (κ1) is 6.85. The Bertz CT molecular complexity index is 299. The average molecular weight is 164 g/mol. The van der Waals surface area contributed by atoms with Crippen molar-refractivity contribution in [2.45, 2.75) is 0 Å². The molecule has 0 aromatic rings. The van der Waals surface area contributed by atoms with Crippen molar-refractivity contribution < 1.29 is 9.59 Å². The van der Waals surface area contributed by atoms with Crippen molar-refractivity contribution in [2.24, 2.45) is 0 Å². The number of thioether (sulfide) groups is 1. The topological polar surface area (TPSA) is 34.1 Å². The van der Waals surface area contributed by atoms with Crippen LogP contribution in [0.2, 0.25) is 0 Å². The molecule has 2 radical (unpaired) electrons. The van der Waals surface area contributed by atoms with Gasteiger partial charge in [-0.1, -0.05) is 0 Å². The highest BCUT2D eigenvalue weighted by atomic mass is 32.2. The minimum atomic E-state index is -0.432. The third kappa shape index (κ3) is 0.959. The lowest BCUT2D eigenvalue weighted by molar-refractivity contribution is -0.131. The van der Waals surface area contributed by atoms with Gasteiger partial charge < -0.3 is 0 Å². The summed E-state index contributed by atoms with van der Waals surface area (Å²) >= 11 is 1.54. The third-order valence-corrected chi connectivity index (χ3v) is 2.50. The molecule has 0 aromatic heterocycles. The van der Waals surface area contributed by atoms with Crippen molar-refractivity contribution >= 4 is 23.3 Å². The molecular formula is C8H4O2S. The molecule has 0 N–H and O–H groups in total. The minimum absolute atomic E-state index is 0.410. The number of Topliss-reactive ketones (excluding diaryl/α,β-unsaturated/α-hetero) is 1. The van der Waals surface area contributed by atoms with Crippen molar-refractivity contribution in [3.05, 3.63) is 29.1 Å². The van der Waals surface area contributed by atoms with Crippen LogP contribution in [-0.2, 0) is 9.59 Å². The fourth-order valence-corrected chi connectivity index (χ4v) is 1.86. The second-order valence-corrected chi connectivity index (χ2v) is 3.25. The largest absolute Gasteiger partial charge is 0.286 e. The Balaban J connectivity index is 2.45. The lowest BCUT2D eigenvalue weighted by atomic mass is 10.0. The highest BCUT2D eigenvalue weighted by Crippen LogP contribution is 2.34. The van der Waals surface area contributed by atoms with Gasteiger partial charge in [0.05, 0.1) is 0 Å². The average Bonchev–Trinajstić information content (AvgIpc) is 2.45. The van der Waals surface area contributed by atoms with Gasteiger partial charge in [-0.25, -0.2) is 0 Å². The van der Waals surface area contributed by atoms with Crippen LogP contribution in [0.25, 0.3) is 0 Å². The van der Waals surface area contributed by atoms with Crippen molar-refractivity contribution in [3.8, 4) is 0 Å². The van der Waals surface area contributed by atoms with E-state index in [1.54, 1.807) is 17.8 Å². The van der Waals surface area contributed by atoms with Crippen molar-refractivity contribution in [1.29, 1.82) is 0 Å². The zero-order valence-electron chi connectivity index (χ0n) is 5.59. The smallest absolute Gasteiger partial charge is 0.230 e. The molecule has 0 bridgehead atoms. The minimum Gasteiger partial charge on any atom is -0.286 e. The lowest BCUT2D eigenvalue weighted by Crippen LogP contribution is -2.16. The molecule has 0 unspecified atom stereocenters. The van der Waals surface area contributed by atoms with Gasteiger partial charge in [-0.05, 0) is 12.2 Å². The van der Waals surface area contributed by atoms with Crippen LogP contribution >= 0.6 is 11.8 Å². The molecule has 1 aliphatic carbocycles. The van der Waals surface area contributed by atoms with Crippen LogP contribution < -0.4 is 0 Å². The molecule has 54 valence electrons. The van der Waals surface area contributed by atoms with Gasteiger partial charge in [0, 0.05) is 22.7 Å². The highest BCUT2D eigenvalue weighted by Gasteiger charge is 2.27. The summed E-state index contributed by atoms with van der Waals surface area (Å²) in [6.07, 6.45) is 5.86. The second-order valence-electron chi connectivity index (χ2n) is 2.23. The van der Waals surface area contributed by atoms with Crippen LogP contribution in [0.3, 0.4) is 0 Å². The van der Waals surface area contributed by atoms with Crippen LogP contribution in [-0.4, -0.2) is 17.3 Å². The van der Waals surface area contributed by atoms with E-state index in [4.69, 9.17) is 0 Å². The molecule has 0 atom stereocenters. The third-order valence-electron chi connectivity index (χ3n) is 1.56. The van der Waals surface area contributed by atoms with E-state index < -0.39 is 11.6 Å². The van der Waals surface area contributed by atoms with Gasteiger partial charge in [-0.15, -0.1) is 11.8 Å². The maximum atomic E-state index is 11.1. The monoisotopic (exact) mass is 164 g/mol. The molecule has 0 saturated carbocycles. The Labute approximate surface area is 68.3 Å². The standard InChI is InChI=1S/C8H4O2S/c9-6-1-2-7-5(8(6)10)3-4-11-7/h1-2H,4H2. The first-order valence-corrected chi connectivity index (χ1v) is 4.15. The SMILES string of the molecule is O=C1C=CC2=C([C]CS2)C1=O. The van der Waals surface area contributed by atoms with Crippen LogP contribution in [0.5, 0.6) is 0 Å². The van der Waals surface area contributed by atoms with Crippen molar-refractivity contribution in [3.63, 3.8) is 0 Å². The van der Waals surface area contributed by atoms with E-state index in [0.717, 1.165) is 4.91 Å². The Hall–Kier alpha value is -0.830. The molecule has 0 aromatic carbocycles. The predicted molar refractivity (Wildman–Crippen MR) is 41.9 cm³/mol. The maximum Gasteiger partial charge on any atom is 0.230 e. The van der Waals surface area contributed by atoms with Gasteiger partial charge in [-0.2, -0.15) is 0 Å². The number of hydrogen-bond donors (Lipinski definition) is 0. The van der Waals surface area contributed by atoms with Gasteiger partial charge in [0.1, 0.15) is 0 Å². The normalized spacial score (nSPS) is 22.9. The highest BCUT2D eigenvalue weighted by molar-refractivity contribution is 8.03. The molecule has 2 aliphatic rings. The summed E-state index contributed by atoms with van der Waals surface area (Å²) in [6, 6.07) is 0. The van der Waals surface area contributed by atoms with E-state index in [9.17, 15) is 9.59 Å². The fraction of sp³-hybridized carbons (Fsp3) is 0.125. The van der Waals surface area contributed by atoms with Crippen LogP contribution in [0, 0.1) is 6.42 Å². The Morgan fingerprint density at radius 3 is 3.00 bits per heavy atom. The number of allylic oxidation sites excluding steroid dienone is 3. The number of hydrogen-bond acceptors (Lipinski definition) is 3. The molecule has 1 heterocycles. The summed E-state index contributed by atoms with van der Waals surface area (Å²) in [5.41, 5.74) is 0.475. The number of carbonyl (C=O) groups excluding carboxylic acids is 2. The molecule has 11 heavy (non-hydrogen) atoms. The number of carbonyl (C=O) groups is 2. The zero-order chi connectivity index (χ0) is 7.84. The van der Waals surface area contributed by atoms with E-state index in [1.807, 2.05) is 0 Å². The van der Waals surface area contributed by atoms with Crippen LogP contribution in [0.15, 0.2) is 22.6 Å². The van der Waals surface area contributed by atoms with Gasteiger partial charge >= 0.3 is 0 Å². The molecule has 0 spiro atoms. The van der Waals surface area contributed by atoms with E-state index in [-0.39, 0.29) is 0 Å². The zero-order valence-corrected chi connectivity index (χ0v) is 6.40. The van der Waals surface area contributed by atoms with Crippen molar-refractivity contribution in [1.82, 2.24) is 0 Å². The summed E-state index contributed by atoms with van der Waals surface area (Å²) in [6.45, 7) is 0.